The summed E-state index contributed by atoms with van der Waals surface area (Å²) in [5.41, 5.74) is 2.52. The number of ketones is 1. The first-order valence-electron chi connectivity index (χ1n) is 5.71. The molecule has 0 N–H and O–H groups in total. The van der Waals surface area contributed by atoms with Crippen LogP contribution in [0.1, 0.15) is 27.7 Å². The second-order valence-corrected chi connectivity index (χ2v) is 3.96. The molecule has 3 heteroatoms. The van der Waals surface area contributed by atoms with Crippen LogP contribution in [0.15, 0.2) is 47.6 Å². The van der Waals surface area contributed by atoms with Crippen molar-refractivity contribution < 1.29 is 14.3 Å². The molecule has 0 saturated heterocycles. The van der Waals surface area contributed by atoms with Crippen molar-refractivity contribution in [3.8, 4) is 0 Å². The number of ether oxygens (including phenoxy) is 1. The van der Waals surface area contributed by atoms with Crippen molar-refractivity contribution in [2.75, 3.05) is 6.61 Å². The SMILES string of the molecule is C=C(C)/C(=C\C(=CC)/C=C/C(C)=O)COC(C)=O. The zero-order valence-electron chi connectivity index (χ0n) is 11.4. The van der Waals surface area contributed by atoms with E-state index < -0.39 is 0 Å². The summed E-state index contributed by atoms with van der Waals surface area (Å²) in [6.45, 7) is 10.6. The van der Waals surface area contributed by atoms with E-state index in [2.05, 4.69) is 6.58 Å². The Labute approximate surface area is 109 Å². The molecule has 0 saturated carbocycles. The molecule has 0 aromatic carbocycles. The lowest BCUT2D eigenvalue weighted by Crippen LogP contribution is -2.04. The second-order valence-electron chi connectivity index (χ2n) is 3.96. The molecular weight excluding hydrogens is 228 g/mol. The summed E-state index contributed by atoms with van der Waals surface area (Å²) in [6.07, 6.45) is 6.94. The van der Waals surface area contributed by atoms with Crippen LogP contribution < -0.4 is 0 Å². The van der Waals surface area contributed by atoms with Gasteiger partial charge in [0.25, 0.3) is 0 Å². The van der Waals surface area contributed by atoms with Gasteiger partial charge in [0.2, 0.25) is 0 Å². The number of esters is 1. The normalized spacial score (nSPS) is 12.7. The molecule has 98 valence electrons. The molecule has 0 rings (SSSR count). The van der Waals surface area contributed by atoms with E-state index in [-0.39, 0.29) is 18.4 Å². The average molecular weight is 248 g/mol. The van der Waals surface area contributed by atoms with E-state index in [1.807, 2.05) is 26.0 Å². The van der Waals surface area contributed by atoms with Gasteiger partial charge in [-0.1, -0.05) is 24.3 Å². The molecular formula is C15H20O3. The van der Waals surface area contributed by atoms with Gasteiger partial charge in [-0.15, -0.1) is 0 Å². The molecule has 3 nitrogen and oxygen atoms in total. The first-order chi connectivity index (χ1) is 8.36. The Kier molecular flexibility index (Phi) is 7.36. The minimum Gasteiger partial charge on any atom is -0.461 e. The Morgan fingerprint density at radius 2 is 1.78 bits per heavy atom. The van der Waals surface area contributed by atoms with E-state index in [9.17, 15) is 9.59 Å². The summed E-state index contributed by atoms with van der Waals surface area (Å²) >= 11 is 0. The lowest BCUT2D eigenvalue weighted by molar-refractivity contribution is -0.139. The van der Waals surface area contributed by atoms with Crippen molar-refractivity contribution in [1.29, 1.82) is 0 Å². The fourth-order valence-electron chi connectivity index (χ4n) is 1.11. The summed E-state index contributed by atoms with van der Waals surface area (Å²) < 4.78 is 4.95. The van der Waals surface area contributed by atoms with Crippen molar-refractivity contribution in [1.82, 2.24) is 0 Å². The molecule has 0 aromatic heterocycles. The van der Waals surface area contributed by atoms with Crippen LogP contribution in [0.2, 0.25) is 0 Å². The van der Waals surface area contributed by atoms with Crippen molar-refractivity contribution in [2.45, 2.75) is 27.7 Å². The Balaban J connectivity index is 4.96. The van der Waals surface area contributed by atoms with Crippen LogP contribution >= 0.6 is 0 Å². The molecule has 0 heterocycles. The van der Waals surface area contributed by atoms with Crippen LogP contribution in [0.5, 0.6) is 0 Å². The smallest absolute Gasteiger partial charge is 0.302 e. The van der Waals surface area contributed by atoms with E-state index in [0.29, 0.717) is 0 Å². The number of rotatable bonds is 6. The van der Waals surface area contributed by atoms with Crippen LogP contribution in [0.25, 0.3) is 0 Å². The molecule has 0 spiro atoms. The largest absolute Gasteiger partial charge is 0.461 e. The minimum absolute atomic E-state index is 0.0142. The van der Waals surface area contributed by atoms with Crippen molar-refractivity contribution in [2.24, 2.45) is 0 Å². The lowest BCUT2D eigenvalue weighted by atomic mass is 10.1. The van der Waals surface area contributed by atoms with Crippen molar-refractivity contribution >= 4 is 11.8 Å². The van der Waals surface area contributed by atoms with Gasteiger partial charge in [0.15, 0.2) is 5.78 Å². The summed E-state index contributed by atoms with van der Waals surface area (Å²) in [5.74, 6) is -0.344. The molecule has 0 aliphatic rings. The standard InChI is InChI=1S/C15H20O3/c1-6-14(8-7-12(4)16)9-15(11(2)3)10-18-13(5)17/h6-9H,2,10H2,1,3-5H3/b8-7+,14-6?,15-9-. The highest BCUT2D eigenvalue weighted by atomic mass is 16.5. The third-order valence-corrected chi connectivity index (χ3v) is 2.16. The minimum atomic E-state index is -0.330. The fraction of sp³-hybridized carbons (Fsp3) is 0.333. The summed E-state index contributed by atoms with van der Waals surface area (Å²) in [5, 5.41) is 0. The number of hydrogen-bond acceptors (Lipinski definition) is 3. The lowest BCUT2D eigenvalue weighted by Gasteiger charge is -2.07. The topological polar surface area (TPSA) is 43.4 Å². The van der Waals surface area contributed by atoms with Gasteiger partial charge in [0.1, 0.15) is 6.61 Å². The third kappa shape index (κ3) is 7.39. The molecule has 0 aromatic rings. The number of allylic oxidation sites excluding steroid dienone is 5. The van der Waals surface area contributed by atoms with Crippen LogP contribution in [-0.4, -0.2) is 18.4 Å². The quantitative estimate of drug-likeness (QED) is 0.412. The van der Waals surface area contributed by atoms with Crippen LogP contribution in [0.4, 0.5) is 0 Å². The van der Waals surface area contributed by atoms with Gasteiger partial charge < -0.3 is 4.74 Å². The van der Waals surface area contributed by atoms with Gasteiger partial charge in [0, 0.05) is 6.92 Å². The van der Waals surface area contributed by atoms with Crippen LogP contribution in [0.3, 0.4) is 0 Å². The van der Waals surface area contributed by atoms with Crippen LogP contribution in [0, 0.1) is 0 Å². The van der Waals surface area contributed by atoms with Gasteiger partial charge in [-0.25, -0.2) is 0 Å². The number of carbonyl (C=O) groups is 2. The number of hydrogen-bond donors (Lipinski definition) is 0. The second kappa shape index (κ2) is 8.23. The Bertz CT molecular complexity index is 423. The molecule has 0 unspecified atom stereocenters. The monoisotopic (exact) mass is 248 g/mol. The Morgan fingerprint density at radius 1 is 1.17 bits per heavy atom. The maximum Gasteiger partial charge on any atom is 0.302 e. The van der Waals surface area contributed by atoms with Crippen molar-refractivity contribution in [3.63, 3.8) is 0 Å². The van der Waals surface area contributed by atoms with E-state index in [4.69, 9.17) is 4.74 Å². The molecule has 0 fully saturated rings. The highest BCUT2D eigenvalue weighted by Crippen LogP contribution is 2.12. The van der Waals surface area contributed by atoms with E-state index in [0.717, 1.165) is 16.7 Å². The van der Waals surface area contributed by atoms with E-state index in [1.54, 1.807) is 6.08 Å². The highest BCUT2D eigenvalue weighted by molar-refractivity contribution is 5.87. The fourth-order valence-corrected chi connectivity index (χ4v) is 1.11. The predicted molar refractivity (Wildman–Crippen MR) is 73.1 cm³/mol. The van der Waals surface area contributed by atoms with Gasteiger partial charge in [0.05, 0.1) is 0 Å². The molecule has 0 radical (unpaired) electrons. The van der Waals surface area contributed by atoms with Gasteiger partial charge >= 0.3 is 5.97 Å². The van der Waals surface area contributed by atoms with Gasteiger partial charge in [-0.05, 0) is 44.1 Å². The molecule has 0 aliphatic heterocycles. The molecule has 0 amide bonds. The van der Waals surface area contributed by atoms with E-state index in [1.165, 1.54) is 19.9 Å². The van der Waals surface area contributed by atoms with E-state index >= 15 is 0 Å². The van der Waals surface area contributed by atoms with Gasteiger partial charge in [-0.3, -0.25) is 9.59 Å². The summed E-state index contributed by atoms with van der Waals surface area (Å²) in [7, 11) is 0. The Morgan fingerprint density at radius 3 is 2.17 bits per heavy atom. The van der Waals surface area contributed by atoms with Crippen LogP contribution in [-0.2, 0) is 14.3 Å². The molecule has 0 bridgehead atoms. The maximum atomic E-state index is 10.9. The molecule has 0 atom stereocenters. The first kappa shape index (κ1) is 16.1. The summed E-state index contributed by atoms with van der Waals surface area (Å²) in [4.78, 5) is 21.7. The average Bonchev–Trinajstić information content (AvgIpc) is 2.27. The number of carbonyl (C=O) groups excluding carboxylic acids is 2. The van der Waals surface area contributed by atoms with Gasteiger partial charge in [-0.2, -0.15) is 0 Å². The predicted octanol–water partition coefficient (Wildman–Crippen LogP) is 3.14. The third-order valence-electron chi connectivity index (χ3n) is 2.16. The molecule has 18 heavy (non-hydrogen) atoms. The van der Waals surface area contributed by atoms with Crippen molar-refractivity contribution in [3.05, 3.63) is 47.6 Å². The maximum absolute atomic E-state index is 10.9. The Hall–Kier alpha value is -1.90. The zero-order chi connectivity index (χ0) is 14.1. The first-order valence-corrected chi connectivity index (χ1v) is 5.71. The highest BCUT2D eigenvalue weighted by Gasteiger charge is 2.02. The zero-order valence-corrected chi connectivity index (χ0v) is 11.4. The molecule has 0 aliphatic carbocycles. The summed E-state index contributed by atoms with van der Waals surface area (Å²) in [6, 6.07) is 0.